The number of hydrogen-bond donors (Lipinski definition) is 3. The van der Waals surface area contributed by atoms with E-state index in [0.717, 1.165) is 47.9 Å². The molecule has 0 saturated carbocycles. The summed E-state index contributed by atoms with van der Waals surface area (Å²) in [5.74, 6) is -1.50. The molecule has 184 valence electrons. The number of nitrogens with one attached hydrogen (secondary N) is 1. The van der Waals surface area contributed by atoms with Crippen LogP contribution in [0.3, 0.4) is 0 Å². The number of amides is 2. The van der Waals surface area contributed by atoms with Gasteiger partial charge in [-0.3, -0.25) is 9.59 Å². The fraction of sp³-hybridized carbons (Fsp3) is 0.444. The zero-order valence-electron chi connectivity index (χ0n) is 19.5. The summed E-state index contributed by atoms with van der Waals surface area (Å²) in [5, 5.41) is 21.8. The fourth-order valence-electron chi connectivity index (χ4n) is 6.15. The van der Waals surface area contributed by atoms with E-state index in [4.69, 9.17) is 4.74 Å². The van der Waals surface area contributed by atoms with Gasteiger partial charge in [-0.05, 0) is 54.4 Å². The molecular formula is C27H30N2O6. The van der Waals surface area contributed by atoms with Crippen molar-refractivity contribution >= 4 is 18.0 Å². The Balaban J connectivity index is 1.29. The lowest BCUT2D eigenvalue weighted by atomic mass is 9.88. The minimum Gasteiger partial charge on any atom is -0.481 e. The standard InChI is InChI=1S/C27H30N2O6/c30-16-27-13-11-17(12-14-27)29(27)25(33)23(9-10-24(31)32)28-26(34)35-15-22-20-7-3-1-5-18(20)19-6-2-4-8-21(19)22/h1-8,17,22-23,30H,9-16H2,(H,28,34)(H,31,32). The van der Waals surface area contributed by atoms with Crippen LogP contribution in [0.25, 0.3) is 11.1 Å². The number of aliphatic hydroxyl groups excluding tert-OH is 1. The molecule has 0 radical (unpaired) electrons. The van der Waals surface area contributed by atoms with E-state index < -0.39 is 23.6 Å². The third-order valence-electron chi connectivity index (χ3n) is 7.87. The molecule has 5 rings (SSSR count). The van der Waals surface area contributed by atoms with Crippen molar-refractivity contribution < 1.29 is 29.3 Å². The highest BCUT2D eigenvalue weighted by Crippen LogP contribution is 2.47. The van der Waals surface area contributed by atoms with Crippen molar-refractivity contribution in [2.45, 2.75) is 62.1 Å². The van der Waals surface area contributed by atoms with E-state index in [1.165, 1.54) is 0 Å². The van der Waals surface area contributed by atoms with Gasteiger partial charge in [-0.2, -0.15) is 0 Å². The number of nitrogens with zero attached hydrogens (tertiary/aromatic N) is 1. The zero-order chi connectivity index (χ0) is 24.6. The number of benzene rings is 2. The van der Waals surface area contributed by atoms with E-state index in [1.807, 2.05) is 36.4 Å². The van der Waals surface area contributed by atoms with E-state index in [1.54, 1.807) is 4.90 Å². The normalized spacial score (nSPS) is 23.0. The summed E-state index contributed by atoms with van der Waals surface area (Å²) in [6, 6.07) is 15.0. The molecule has 8 nitrogen and oxygen atoms in total. The van der Waals surface area contributed by atoms with Crippen LogP contribution in [0, 0.1) is 0 Å². The van der Waals surface area contributed by atoms with Crippen molar-refractivity contribution in [1.29, 1.82) is 0 Å². The highest BCUT2D eigenvalue weighted by Gasteiger charge is 2.54. The van der Waals surface area contributed by atoms with Crippen LogP contribution in [0.4, 0.5) is 4.79 Å². The van der Waals surface area contributed by atoms with Gasteiger partial charge in [0.15, 0.2) is 0 Å². The topological polar surface area (TPSA) is 116 Å². The lowest BCUT2D eigenvalue weighted by Crippen LogP contribution is -2.55. The van der Waals surface area contributed by atoms with Crippen LogP contribution < -0.4 is 5.32 Å². The lowest BCUT2D eigenvalue weighted by molar-refractivity contribution is -0.140. The second-order valence-electron chi connectivity index (χ2n) is 9.78. The number of carbonyl (C=O) groups excluding carboxylic acids is 2. The molecule has 2 amide bonds. The quantitative estimate of drug-likeness (QED) is 0.536. The summed E-state index contributed by atoms with van der Waals surface area (Å²) in [5.41, 5.74) is 3.79. The first-order valence-electron chi connectivity index (χ1n) is 12.2. The Hall–Kier alpha value is -3.39. The Labute approximate surface area is 203 Å². The Morgan fingerprint density at radius 1 is 1.03 bits per heavy atom. The SMILES string of the molecule is O=C(O)CCC(NC(=O)OCC1c2ccccc2-c2ccccc21)C(=O)N1C2CCC1(CO)CC2. The third kappa shape index (κ3) is 4.16. The van der Waals surface area contributed by atoms with Gasteiger partial charge in [-0.1, -0.05) is 48.5 Å². The maximum absolute atomic E-state index is 13.5. The molecule has 3 N–H and O–H groups in total. The Bertz CT molecular complexity index is 1090. The van der Waals surface area contributed by atoms with Crippen molar-refractivity contribution in [1.82, 2.24) is 10.2 Å². The van der Waals surface area contributed by atoms with Gasteiger partial charge in [-0.25, -0.2) is 4.79 Å². The third-order valence-corrected chi connectivity index (χ3v) is 7.87. The van der Waals surface area contributed by atoms with Crippen molar-refractivity contribution in [3.8, 4) is 11.1 Å². The molecular weight excluding hydrogens is 448 g/mol. The first-order valence-corrected chi connectivity index (χ1v) is 12.2. The molecule has 8 heteroatoms. The summed E-state index contributed by atoms with van der Waals surface area (Å²) in [6.45, 7) is -0.0293. The van der Waals surface area contributed by atoms with E-state index in [0.29, 0.717) is 0 Å². The lowest BCUT2D eigenvalue weighted by Gasteiger charge is -2.35. The number of hydrogen-bond acceptors (Lipinski definition) is 5. The average molecular weight is 479 g/mol. The molecule has 2 heterocycles. The molecule has 1 atom stereocenters. The molecule has 2 aromatic rings. The molecule has 2 aliphatic heterocycles. The van der Waals surface area contributed by atoms with Gasteiger partial charge in [-0.15, -0.1) is 0 Å². The van der Waals surface area contributed by atoms with Crippen LogP contribution in [-0.2, 0) is 14.3 Å². The van der Waals surface area contributed by atoms with E-state index in [-0.39, 0.29) is 43.9 Å². The van der Waals surface area contributed by atoms with Gasteiger partial charge in [0.05, 0.1) is 12.1 Å². The summed E-state index contributed by atoms with van der Waals surface area (Å²) < 4.78 is 5.59. The number of ether oxygens (including phenoxy) is 1. The van der Waals surface area contributed by atoms with E-state index >= 15 is 0 Å². The summed E-state index contributed by atoms with van der Waals surface area (Å²) in [6.07, 6.45) is 2.01. The summed E-state index contributed by atoms with van der Waals surface area (Å²) >= 11 is 0. The highest BCUT2D eigenvalue weighted by molar-refractivity contribution is 5.87. The van der Waals surface area contributed by atoms with Crippen LogP contribution in [0.2, 0.25) is 0 Å². The molecule has 0 aromatic heterocycles. The predicted molar refractivity (Wildman–Crippen MR) is 128 cm³/mol. The van der Waals surface area contributed by atoms with Crippen LogP contribution in [-0.4, -0.2) is 63.9 Å². The maximum atomic E-state index is 13.5. The van der Waals surface area contributed by atoms with Gasteiger partial charge < -0.3 is 25.2 Å². The predicted octanol–water partition coefficient (Wildman–Crippen LogP) is 3.27. The molecule has 2 bridgehead atoms. The zero-order valence-corrected chi connectivity index (χ0v) is 19.5. The maximum Gasteiger partial charge on any atom is 0.407 e. The summed E-state index contributed by atoms with van der Waals surface area (Å²) in [7, 11) is 0. The summed E-state index contributed by atoms with van der Waals surface area (Å²) in [4.78, 5) is 39.2. The molecule has 1 unspecified atom stereocenters. The fourth-order valence-corrected chi connectivity index (χ4v) is 6.15. The first kappa shape index (κ1) is 23.4. The van der Waals surface area contributed by atoms with Crippen molar-refractivity contribution in [2.24, 2.45) is 0 Å². The average Bonchev–Trinajstić information content (AvgIpc) is 3.53. The number of carboxylic acids is 1. The van der Waals surface area contributed by atoms with E-state index in [9.17, 15) is 24.6 Å². The Morgan fingerprint density at radius 2 is 1.63 bits per heavy atom. The number of rotatable bonds is 8. The number of alkyl carbamates (subject to hydrolysis) is 1. The minimum atomic E-state index is -1.04. The highest BCUT2D eigenvalue weighted by atomic mass is 16.5. The molecule has 1 aliphatic carbocycles. The first-order chi connectivity index (χ1) is 16.9. The van der Waals surface area contributed by atoms with Crippen LogP contribution in [0.15, 0.2) is 48.5 Å². The monoisotopic (exact) mass is 478 g/mol. The number of fused-ring (bicyclic) bond motifs is 5. The molecule has 3 aliphatic rings. The number of aliphatic carboxylic acids is 1. The van der Waals surface area contributed by atoms with Crippen molar-refractivity contribution in [3.63, 3.8) is 0 Å². The largest absolute Gasteiger partial charge is 0.481 e. The van der Waals surface area contributed by atoms with Gasteiger partial charge in [0.2, 0.25) is 5.91 Å². The molecule has 35 heavy (non-hydrogen) atoms. The smallest absolute Gasteiger partial charge is 0.407 e. The molecule has 2 saturated heterocycles. The number of aliphatic hydroxyl groups is 1. The second-order valence-corrected chi connectivity index (χ2v) is 9.78. The van der Waals surface area contributed by atoms with Gasteiger partial charge in [0, 0.05) is 18.4 Å². The number of carbonyl (C=O) groups is 3. The molecule has 0 spiro atoms. The Kier molecular flexibility index (Phi) is 6.23. The Morgan fingerprint density at radius 3 is 2.20 bits per heavy atom. The van der Waals surface area contributed by atoms with Crippen LogP contribution >= 0.6 is 0 Å². The molecule has 2 fully saturated rings. The van der Waals surface area contributed by atoms with Crippen molar-refractivity contribution in [2.75, 3.05) is 13.2 Å². The van der Waals surface area contributed by atoms with Crippen molar-refractivity contribution in [3.05, 3.63) is 59.7 Å². The van der Waals surface area contributed by atoms with Gasteiger partial charge in [0.1, 0.15) is 12.6 Å². The van der Waals surface area contributed by atoms with Gasteiger partial charge >= 0.3 is 12.1 Å². The van der Waals surface area contributed by atoms with Crippen LogP contribution in [0.5, 0.6) is 0 Å². The van der Waals surface area contributed by atoms with Crippen LogP contribution in [0.1, 0.15) is 55.6 Å². The van der Waals surface area contributed by atoms with Gasteiger partial charge in [0.25, 0.3) is 0 Å². The minimum absolute atomic E-state index is 0.0197. The second kappa shape index (κ2) is 9.34. The molecule has 2 aromatic carbocycles. The van der Waals surface area contributed by atoms with E-state index in [2.05, 4.69) is 17.4 Å². The number of carboxylic acid groups (broad SMARTS) is 1.